The van der Waals surface area contributed by atoms with Crippen molar-refractivity contribution in [2.24, 2.45) is 0 Å². The van der Waals surface area contributed by atoms with Gasteiger partial charge in [0.2, 0.25) is 0 Å². The monoisotopic (exact) mass is 272 g/mol. The summed E-state index contributed by atoms with van der Waals surface area (Å²) < 4.78 is 18.5. The Bertz CT molecular complexity index is 579. The second-order valence-corrected chi connectivity index (χ2v) is 4.65. The Labute approximate surface area is 118 Å². The van der Waals surface area contributed by atoms with E-state index in [2.05, 4.69) is 0 Å². The minimum absolute atomic E-state index is 0.116. The molecular weight excluding hydrogens is 255 g/mol. The lowest BCUT2D eigenvalue weighted by Crippen LogP contribution is -2.04. The van der Waals surface area contributed by atoms with Crippen LogP contribution in [0.5, 0.6) is 5.75 Å². The number of ketones is 1. The quantitative estimate of drug-likeness (QED) is 0.582. The van der Waals surface area contributed by atoms with Gasteiger partial charge in [0.05, 0.1) is 6.61 Å². The molecule has 104 valence electrons. The lowest BCUT2D eigenvalue weighted by Gasteiger charge is -2.08. The lowest BCUT2D eigenvalue weighted by molar-refractivity contribution is 0.0973. The third-order valence-corrected chi connectivity index (χ3v) is 3.04. The van der Waals surface area contributed by atoms with E-state index in [0.717, 1.165) is 11.1 Å². The molecule has 0 heterocycles. The van der Waals surface area contributed by atoms with Crippen molar-refractivity contribution in [1.82, 2.24) is 0 Å². The fourth-order valence-corrected chi connectivity index (χ4v) is 1.96. The van der Waals surface area contributed by atoms with Gasteiger partial charge >= 0.3 is 0 Å². The highest BCUT2D eigenvalue weighted by molar-refractivity contribution is 5.95. The highest BCUT2D eigenvalue weighted by Crippen LogP contribution is 2.18. The zero-order chi connectivity index (χ0) is 14.4. The van der Waals surface area contributed by atoms with Crippen molar-refractivity contribution in [2.75, 3.05) is 6.61 Å². The number of halogens is 1. The zero-order valence-electron chi connectivity index (χ0n) is 11.4. The predicted octanol–water partition coefficient (Wildman–Crippen LogP) is 4.18. The van der Waals surface area contributed by atoms with E-state index >= 15 is 0 Å². The van der Waals surface area contributed by atoms with E-state index in [-0.39, 0.29) is 11.6 Å². The highest BCUT2D eigenvalue weighted by Gasteiger charge is 2.05. The lowest BCUT2D eigenvalue weighted by atomic mass is 10.1. The summed E-state index contributed by atoms with van der Waals surface area (Å²) in [5, 5.41) is 0. The third-order valence-electron chi connectivity index (χ3n) is 3.04. The molecule has 3 heteroatoms. The first kappa shape index (κ1) is 14.3. The number of hydrogen-bond acceptors (Lipinski definition) is 2. The van der Waals surface area contributed by atoms with Crippen LogP contribution in [0.1, 0.15) is 28.8 Å². The van der Waals surface area contributed by atoms with Gasteiger partial charge in [-0.05, 0) is 37.1 Å². The normalized spacial score (nSPS) is 10.3. The first-order chi connectivity index (χ1) is 9.66. The van der Waals surface area contributed by atoms with E-state index in [1.807, 2.05) is 30.3 Å². The Balaban J connectivity index is 1.78. The van der Waals surface area contributed by atoms with Gasteiger partial charge in [0.15, 0.2) is 5.78 Å². The topological polar surface area (TPSA) is 26.3 Å². The smallest absolute Gasteiger partial charge is 0.163 e. The largest absolute Gasteiger partial charge is 0.493 e. The van der Waals surface area contributed by atoms with Crippen LogP contribution in [-0.2, 0) is 0 Å². The molecule has 0 atom stereocenters. The van der Waals surface area contributed by atoms with Crippen molar-refractivity contribution in [2.45, 2.75) is 19.8 Å². The summed E-state index contributed by atoms with van der Waals surface area (Å²) in [7, 11) is 0. The summed E-state index contributed by atoms with van der Waals surface area (Å²) in [5.41, 5.74) is 1.49. The predicted molar refractivity (Wildman–Crippen MR) is 76.6 cm³/mol. The van der Waals surface area contributed by atoms with E-state index in [1.54, 1.807) is 13.0 Å². The minimum atomic E-state index is -0.269. The summed E-state index contributed by atoms with van der Waals surface area (Å²) in [6.07, 6.45) is 1.09. The molecule has 0 radical (unpaired) electrons. The summed E-state index contributed by atoms with van der Waals surface area (Å²) in [4.78, 5) is 11.9. The van der Waals surface area contributed by atoms with Gasteiger partial charge in [-0.25, -0.2) is 4.39 Å². The van der Waals surface area contributed by atoms with E-state index in [9.17, 15) is 9.18 Å². The maximum atomic E-state index is 12.9. The van der Waals surface area contributed by atoms with Crippen molar-refractivity contribution in [3.05, 3.63) is 65.5 Å². The summed E-state index contributed by atoms with van der Waals surface area (Å²) >= 11 is 0. The Hall–Kier alpha value is -2.16. The molecule has 2 aromatic carbocycles. The van der Waals surface area contributed by atoms with Crippen molar-refractivity contribution >= 4 is 5.78 Å². The van der Waals surface area contributed by atoms with Crippen LogP contribution in [-0.4, -0.2) is 12.4 Å². The molecule has 0 bridgehead atoms. The Morgan fingerprint density at radius 2 is 1.90 bits per heavy atom. The number of Topliss-reactive ketones (excluding diaryl/α,β-unsaturated/α-hetero) is 1. The van der Waals surface area contributed by atoms with E-state index in [0.29, 0.717) is 25.2 Å². The van der Waals surface area contributed by atoms with Gasteiger partial charge in [-0.15, -0.1) is 0 Å². The molecule has 0 saturated carbocycles. The van der Waals surface area contributed by atoms with Crippen LogP contribution in [0.15, 0.2) is 48.5 Å². The molecule has 0 fully saturated rings. The number of hydrogen-bond donors (Lipinski definition) is 0. The first-order valence-corrected chi connectivity index (χ1v) is 6.64. The average Bonchev–Trinajstić information content (AvgIpc) is 2.46. The minimum Gasteiger partial charge on any atom is -0.493 e. The number of ether oxygens (including phenoxy) is 1. The summed E-state index contributed by atoms with van der Waals surface area (Å²) in [6.45, 7) is 2.25. The molecule has 2 aromatic rings. The van der Waals surface area contributed by atoms with Gasteiger partial charge in [-0.1, -0.05) is 30.3 Å². The maximum absolute atomic E-state index is 12.9. The van der Waals surface area contributed by atoms with Crippen LogP contribution in [0.2, 0.25) is 0 Å². The van der Waals surface area contributed by atoms with Crippen molar-refractivity contribution in [1.29, 1.82) is 0 Å². The standard InChI is InChI=1S/C17H17FO2/c1-13-12-15(18)9-10-17(13)20-11-5-8-16(19)14-6-3-2-4-7-14/h2-4,6-7,9-10,12H,5,8,11H2,1H3. The third kappa shape index (κ3) is 3.92. The molecule has 0 amide bonds. The van der Waals surface area contributed by atoms with Crippen LogP contribution in [0, 0.1) is 12.7 Å². The number of rotatable bonds is 6. The van der Waals surface area contributed by atoms with Crippen LogP contribution in [0.3, 0.4) is 0 Å². The van der Waals surface area contributed by atoms with Gasteiger partial charge in [-0.3, -0.25) is 4.79 Å². The fourth-order valence-electron chi connectivity index (χ4n) is 1.96. The van der Waals surface area contributed by atoms with Crippen LogP contribution in [0.4, 0.5) is 4.39 Å². The number of carbonyl (C=O) groups excluding carboxylic acids is 1. The maximum Gasteiger partial charge on any atom is 0.163 e. The van der Waals surface area contributed by atoms with Gasteiger partial charge in [-0.2, -0.15) is 0 Å². The summed E-state index contributed by atoms with van der Waals surface area (Å²) in [5.74, 6) is 0.512. The van der Waals surface area contributed by atoms with Crippen LogP contribution >= 0.6 is 0 Å². The molecule has 0 saturated heterocycles. The van der Waals surface area contributed by atoms with Gasteiger partial charge < -0.3 is 4.74 Å². The van der Waals surface area contributed by atoms with Crippen molar-refractivity contribution in [3.8, 4) is 5.75 Å². The molecule has 20 heavy (non-hydrogen) atoms. The second kappa shape index (κ2) is 6.85. The van der Waals surface area contributed by atoms with E-state index < -0.39 is 0 Å². The molecule has 0 aromatic heterocycles. The van der Waals surface area contributed by atoms with E-state index in [4.69, 9.17) is 4.74 Å². The molecule has 0 N–H and O–H groups in total. The molecular formula is C17H17FO2. The van der Waals surface area contributed by atoms with Crippen LogP contribution in [0.25, 0.3) is 0 Å². The second-order valence-electron chi connectivity index (χ2n) is 4.65. The first-order valence-electron chi connectivity index (χ1n) is 6.64. The molecule has 0 spiro atoms. The molecule has 0 unspecified atom stereocenters. The molecule has 2 nitrogen and oxygen atoms in total. The Morgan fingerprint density at radius 3 is 2.60 bits per heavy atom. The van der Waals surface area contributed by atoms with E-state index in [1.165, 1.54) is 12.1 Å². The Morgan fingerprint density at radius 1 is 1.15 bits per heavy atom. The molecule has 2 rings (SSSR count). The SMILES string of the molecule is Cc1cc(F)ccc1OCCCC(=O)c1ccccc1. The number of benzene rings is 2. The Kier molecular flexibility index (Phi) is 4.88. The highest BCUT2D eigenvalue weighted by atomic mass is 19.1. The molecule has 0 aliphatic carbocycles. The van der Waals surface area contributed by atoms with Crippen molar-refractivity contribution < 1.29 is 13.9 Å². The van der Waals surface area contributed by atoms with Crippen LogP contribution < -0.4 is 4.74 Å². The number of carbonyl (C=O) groups is 1. The fraction of sp³-hybridized carbons (Fsp3) is 0.235. The number of aryl methyl sites for hydroxylation is 1. The van der Waals surface area contributed by atoms with Gasteiger partial charge in [0, 0.05) is 12.0 Å². The molecule has 0 aliphatic heterocycles. The summed E-state index contributed by atoms with van der Waals surface area (Å²) in [6, 6.07) is 13.6. The molecule has 0 aliphatic rings. The average molecular weight is 272 g/mol. The van der Waals surface area contributed by atoms with Gasteiger partial charge in [0.1, 0.15) is 11.6 Å². The van der Waals surface area contributed by atoms with Gasteiger partial charge in [0.25, 0.3) is 0 Å². The van der Waals surface area contributed by atoms with Crippen molar-refractivity contribution in [3.63, 3.8) is 0 Å². The zero-order valence-corrected chi connectivity index (χ0v) is 11.4.